The summed E-state index contributed by atoms with van der Waals surface area (Å²) in [4.78, 5) is 31.1. The fourth-order valence-electron chi connectivity index (χ4n) is 3.54. The predicted octanol–water partition coefficient (Wildman–Crippen LogP) is 2.32. The Morgan fingerprint density at radius 1 is 1.23 bits per heavy atom. The lowest BCUT2D eigenvalue weighted by Crippen LogP contribution is -2.39. The number of carbonyl (C=O) groups is 2. The number of hydrogen-bond acceptors (Lipinski definition) is 5. The van der Waals surface area contributed by atoms with Gasteiger partial charge in [0.05, 0.1) is 12.7 Å². The fraction of sp³-hybridized carbons (Fsp3) is 0.348. The molecule has 31 heavy (non-hydrogen) atoms. The summed E-state index contributed by atoms with van der Waals surface area (Å²) < 4.78 is 1.63. The summed E-state index contributed by atoms with van der Waals surface area (Å²) in [5, 5.41) is 16.1. The summed E-state index contributed by atoms with van der Waals surface area (Å²) in [6.07, 6.45) is 2.20. The van der Waals surface area contributed by atoms with E-state index in [1.807, 2.05) is 51.1 Å². The number of fused-ring (bicyclic) bond motifs is 1. The maximum atomic E-state index is 12.5. The van der Waals surface area contributed by atoms with Crippen molar-refractivity contribution in [2.45, 2.75) is 40.2 Å². The third kappa shape index (κ3) is 5.07. The van der Waals surface area contributed by atoms with E-state index in [1.54, 1.807) is 9.42 Å². The van der Waals surface area contributed by atoms with Gasteiger partial charge < -0.3 is 10.2 Å². The highest BCUT2D eigenvalue weighted by Gasteiger charge is 2.16. The first-order valence-corrected chi connectivity index (χ1v) is 10.3. The highest BCUT2D eigenvalue weighted by Crippen LogP contribution is 2.18. The van der Waals surface area contributed by atoms with Crippen molar-refractivity contribution in [3.8, 4) is 6.07 Å². The second-order valence-corrected chi connectivity index (χ2v) is 7.34. The zero-order chi connectivity index (χ0) is 22.4. The normalized spacial score (nSPS) is 10.6. The van der Waals surface area contributed by atoms with Crippen LogP contribution in [0.15, 0.2) is 36.5 Å². The van der Waals surface area contributed by atoms with E-state index in [0.29, 0.717) is 30.7 Å². The van der Waals surface area contributed by atoms with Gasteiger partial charge in [-0.15, -0.1) is 0 Å². The van der Waals surface area contributed by atoms with E-state index in [0.717, 1.165) is 22.5 Å². The third-order valence-corrected chi connectivity index (χ3v) is 5.32. The molecule has 3 aromatic rings. The van der Waals surface area contributed by atoms with Gasteiger partial charge in [0.1, 0.15) is 11.6 Å². The molecule has 1 aromatic carbocycles. The Labute approximate surface area is 181 Å². The topological polar surface area (TPSA) is 103 Å². The van der Waals surface area contributed by atoms with Crippen LogP contribution in [0.25, 0.3) is 5.65 Å². The molecule has 0 atom stereocenters. The number of hydrogen-bond donors (Lipinski definition) is 1. The first-order valence-electron chi connectivity index (χ1n) is 10.3. The lowest BCUT2D eigenvalue weighted by atomic mass is 10.1. The summed E-state index contributed by atoms with van der Waals surface area (Å²) in [6.45, 7) is 6.74. The molecule has 3 rings (SSSR count). The van der Waals surface area contributed by atoms with Gasteiger partial charge in [-0.1, -0.05) is 30.3 Å². The van der Waals surface area contributed by atoms with Crippen molar-refractivity contribution < 1.29 is 9.59 Å². The molecule has 0 unspecified atom stereocenters. The largest absolute Gasteiger partial charge is 0.347 e. The maximum absolute atomic E-state index is 12.5. The van der Waals surface area contributed by atoms with E-state index in [9.17, 15) is 9.59 Å². The number of aromatic nitrogens is 3. The summed E-state index contributed by atoms with van der Waals surface area (Å²) in [5.74, 6) is -0.308. The molecule has 160 valence electrons. The second kappa shape index (κ2) is 9.85. The molecule has 0 radical (unpaired) electrons. The number of nitriles is 1. The number of nitrogens with one attached hydrogen (secondary N) is 1. The van der Waals surface area contributed by atoms with Gasteiger partial charge in [-0.25, -0.2) is 9.50 Å². The minimum absolute atomic E-state index is 0.0283. The first kappa shape index (κ1) is 22.0. The average molecular weight is 419 g/mol. The van der Waals surface area contributed by atoms with Gasteiger partial charge in [0, 0.05) is 30.9 Å². The molecule has 1 N–H and O–H groups in total. The number of nitrogens with zero attached hydrogens (tertiary/aromatic N) is 5. The molecule has 0 saturated heterocycles. The minimum atomic E-state index is -0.193. The maximum Gasteiger partial charge on any atom is 0.242 e. The molecule has 8 nitrogen and oxygen atoms in total. The van der Waals surface area contributed by atoms with E-state index in [1.165, 1.54) is 6.20 Å². The Bertz CT molecular complexity index is 1130. The lowest BCUT2D eigenvalue weighted by Gasteiger charge is -2.21. The molecule has 0 aliphatic carbocycles. The van der Waals surface area contributed by atoms with Gasteiger partial charge in [-0.3, -0.25) is 9.59 Å². The standard InChI is InChI=1S/C23H26N6O2/c1-4-28(15-18-8-6-5-7-9-18)22(31)14-25-21(30)11-10-20-16(2)27-23-19(12-24)13-26-29(23)17(20)3/h5-9,13H,4,10-11,14-15H2,1-3H3,(H,25,30). The van der Waals surface area contributed by atoms with E-state index in [2.05, 4.69) is 21.5 Å². The van der Waals surface area contributed by atoms with Crippen LogP contribution in [0.1, 0.15) is 41.4 Å². The summed E-state index contributed by atoms with van der Waals surface area (Å²) in [7, 11) is 0. The SMILES string of the molecule is CCN(Cc1ccccc1)C(=O)CNC(=O)CCc1c(C)nc2c(C#N)cnn2c1C. The Morgan fingerprint density at radius 2 is 1.97 bits per heavy atom. The van der Waals surface area contributed by atoms with E-state index in [-0.39, 0.29) is 24.8 Å². The Balaban J connectivity index is 1.56. The lowest BCUT2D eigenvalue weighted by molar-refractivity contribution is -0.133. The molecule has 0 bridgehead atoms. The number of amides is 2. The van der Waals surface area contributed by atoms with Crippen molar-refractivity contribution in [1.82, 2.24) is 24.8 Å². The van der Waals surface area contributed by atoms with Crippen molar-refractivity contribution in [2.75, 3.05) is 13.1 Å². The summed E-state index contributed by atoms with van der Waals surface area (Å²) in [5.41, 5.74) is 4.54. The molecule has 2 amide bonds. The molecule has 0 fully saturated rings. The van der Waals surface area contributed by atoms with Crippen LogP contribution < -0.4 is 5.32 Å². The van der Waals surface area contributed by atoms with Gasteiger partial charge in [0.15, 0.2) is 5.65 Å². The molecule has 0 spiro atoms. The number of aryl methyl sites for hydroxylation is 2. The highest BCUT2D eigenvalue weighted by atomic mass is 16.2. The number of carbonyl (C=O) groups excluding carboxylic acids is 2. The summed E-state index contributed by atoms with van der Waals surface area (Å²) >= 11 is 0. The third-order valence-electron chi connectivity index (χ3n) is 5.32. The van der Waals surface area contributed by atoms with Crippen LogP contribution in [-0.2, 0) is 22.6 Å². The summed E-state index contributed by atoms with van der Waals surface area (Å²) in [6, 6.07) is 11.9. The van der Waals surface area contributed by atoms with Crippen LogP contribution in [-0.4, -0.2) is 44.4 Å². The Morgan fingerprint density at radius 3 is 2.65 bits per heavy atom. The highest BCUT2D eigenvalue weighted by molar-refractivity contribution is 5.84. The van der Waals surface area contributed by atoms with Crippen LogP contribution in [0, 0.1) is 25.2 Å². The monoisotopic (exact) mass is 418 g/mol. The van der Waals surface area contributed by atoms with Gasteiger partial charge in [-0.2, -0.15) is 10.4 Å². The van der Waals surface area contributed by atoms with Gasteiger partial charge in [0.25, 0.3) is 0 Å². The minimum Gasteiger partial charge on any atom is -0.347 e. The van der Waals surface area contributed by atoms with Crippen molar-refractivity contribution >= 4 is 17.5 Å². The van der Waals surface area contributed by atoms with Crippen LogP contribution in [0.4, 0.5) is 0 Å². The number of likely N-dealkylation sites (N-methyl/N-ethyl adjacent to an activating group) is 1. The predicted molar refractivity (Wildman–Crippen MR) is 116 cm³/mol. The molecule has 0 saturated carbocycles. The molecule has 0 aliphatic rings. The van der Waals surface area contributed by atoms with Crippen LogP contribution >= 0.6 is 0 Å². The number of benzene rings is 1. The van der Waals surface area contributed by atoms with Crippen molar-refractivity contribution in [1.29, 1.82) is 5.26 Å². The zero-order valence-corrected chi connectivity index (χ0v) is 18.1. The first-order chi connectivity index (χ1) is 14.9. The second-order valence-electron chi connectivity index (χ2n) is 7.34. The van der Waals surface area contributed by atoms with Crippen molar-refractivity contribution in [2.24, 2.45) is 0 Å². The van der Waals surface area contributed by atoms with Gasteiger partial charge >= 0.3 is 0 Å². The molecular weight excluding hydrogens is 392 g/mol. The quantitative estimate of drug-likeness (QED) is 0.605. The van der Waals surface area contributed by atoms with Crippen LogP contribution in [0.3, 0.4) is 0 Å². The average Bonchev–Trinajstić information content (AvgIpc) is 3.19. The Hall–Kier alpha value is -3.73. The molecule has 2 heterocycles. The van der Waals surface area contributed by atoms with Crippen LogP contribution in [0.2, 0.25) is 0 Å². The van der Waals surface area contributed by atoms with Crippen molar-refractivity contribution in [3.05, 3.63) is 64.6 Å². The molecule has 8 heteroatoms. The van der Waals surface area contributed by atoms with Gasteiger partial charge in [-0.05, 0) is 38.3 Å². The molecule has 0 aliphatic heterocycles. The van der Waals surface area contributed by atoms with Crippen molar-refractivity contribution in [3.63, 3.8) is 0 Å². The number of rotatable bonds is 8. The van der Waals surface area contributed by atoms with E-state index in [4.69, 9.17) is 5.26 Å². The van der Waals surface area contributed by atoms with Gasteiger partial charge in [0.2, 0.25) is 11.8 Å². The fourth-order valence-corrected chi connectivity index (χ4v) is 3.54. The van der Waals surface area contributed by atoms with E-state index < -0.39 is 0 Å². The zero-order valence-electron chi connectivity index (χ0n) is 18.1. The molecular formula is C23H26N6O2. The smallest absolute Gasteiger partial charge is 0.242 e. The Kier molecular flexibility index (Phi) is 6.98. The van der Waals surface area contributed by atoms with Crippen LogP contribution in [0.5, 0.6) is 0 Å². The van der Waals surface area contributed by atoms with E-state index >= 15 is 0 Å². The molecule has 2 aromatic heterocycles.